The molecule has 1 saturated heterocycles. The van der Waals surface area contributed by atoms with Crippen LogP contribution in [-0.4, -0.2) is 39.4 Å². The number of fused-ring (bicyclic) bond motifs is 1. The average molecular weight is 356 g/mol. The summed E-state index contributed by atoms with van der Waals surface area (Å²) >= 11 is 0. The van der Waals surface area contributed by atoms with Crippen LogP contribution in [-0.2, 0) is 13.0 Å². The van der Waals surface area contributed by atoms with Crippen molar-refractivity contribution < 1.29 is 14.0 Å². The third-order valence-electron chi connectivity index (χ3n) is 5.02. The fraction of sp³-hybridized carbons (Fsp3) is 0.421. The summed E-state index contributed by atoms with van der Waals surface area (Å²) < 4.78 is 14.9. The van der Waals surface area contributed by atoms with Crippen molar-refractivity contribution in [3.8, 4) is 0 Å². The zero-order chi connectivity index (χ0) is 18.1. The number of hydrogen-bond donors (Lipinski definition) is 1. The maximum absolute atomic E-state index is 13.0. The Bertz CT molecular complexity index is 838. The lowest BCUT2D eigenvalue weighted by Crippen LogP contribution is -2.31. The molecule has 2 aromatic rings. The number of nitrogens with one attached hydrogen (secondary N) is 1. The molecular weight excluding hydrogens is 335 g/mol. The highest BCUT2D eigenvalue weighted by atomic mass is 19.1. The van der Waals surface area contributed by atoms with E-state index in [0.29, 0.717) is 23.8 Å². The summed E-state index contributed by atoms with van der Waals surface area (Å²) in [6, 6.07) is 5.60. The molecule has 26 heavy (non-hydrogen) atoms. The van der Waals surface area contributed by atoms with E-state index >= 15 is 0 Å². The molecule has 1 aromatic carbocycles. The van der Waals surface area contributed by atoms with Gasteiger partial charge >= 0.3 is 0 Å². The van der Waals surface area contributed by atoms with E-state index in [9.17, 15) is 14.0 Å². The highest BCUT2D eigenvalue weighted by Crippen LogP contribution is 2.24. The van der Waals surface area contributed by atoms with Crippen LogP contribution in [0.25, 0.3) is 0 Å². The van der Waals surface area contributed by atoms with Crippen LogP contribution in [0.15, 0.2) is 24.3 Å². The Labute approximate surface area is 151 Å². The van der Waals surface area contributed by atoms with Crippen molar-refractivity contribution in [2.24, 2.45) is 0 Å². The molecule has 1 fully saturated rings. The minimum absolute atomic E-state index is 0.0912. The molecule has 7 heteroatoms. The van der Waals surface area contributed by atoms with Crippen molar-refractivity contribution >= 4 is 17.5 Å². The second-order valence-corrected chi connectivity index (χ2v) is 6.80. The van der Waals surface area contributed by atoms with Crippen LogP contribution in [0, 0.1) is 5.82 Å². The number of carbonyl (C=O) groups excluding carboxylic acids is 2. The summed E-state index contributed by atoms with van der Waals surface area (Å²) in [4.78, 5) is 31.8. The minimum Gasteiger partial charge on any atom is -0.336 e. The maximum Gasteiger partial charge on any atom is 0.289 e. The van der Waals surface area contributed by atoms with Crippen LogP contribution in [0.3, 0.4) is 0 Å². The van der Waals surface area contributed by atoms with Gasteiger partial charge < -0.3 is 14.8 Å². The van der Waals surface area contributed by atoms with Gasteiger partial charge in [-0.2, -0.15) is 0 Å². The van der Waals surface area contributed by atoms with Crippen molar-refractivity contribution in [1.29, 1.82) is 0 Å². The Hall–Kier alpha value is -2.70. The smallest absolute Gasteiger partial charge is 0.289 e. The Balaban J connectivity index is 1.64. The zero-order valence-electron chi connectivity index (χ0n) is 14.5. The average Bonchev–Trinajstić information content (AvgIpc) is 3.31. The Morgan fingerprint density at radius 1 is 1.00 bits per heavy atom. The fourth-order valence-electron chi connectivity index (χ4n) is 3.67. The van der Waals surface area contributed by atoms with E-state index < -0.39 is 0 Å². The number of benzene rings is 1. The van der Waals surface area contributed by atoms with Gasteiger partial charge in [0.1, 0.15) is 5.82 Å². The van der Waals surface area contributed by atoms with Crippen molar-refractivity contribution in [1.82, 2.24) is 14.5 Å². The number of carbonyl (C=O) groups is 2. The van der Waals surface area contributed by atoms with E-state index in [2.05, 4.69) is 10.3 Å². The Kier molecular flexibility index (Phi) is 4.44. The number of aromatic nitrogens is 2. The van der Waals surface area contributed by atoms with E-state index in [1.165, 1.54) is 24.3 Å². The quantitative estimate of drug-likeness (QED) is 0.920. The van der Waals surface area contributed by atoms with Crippen molar-refractivity contribution in [3.63, 3.8) is 0 Å². The van der Waals surface area contributed by atoms with Gasteiger partial charge in [0.05, 0.1) is 5.69 Å². The largest absolute Gasteiger partial charge is 0.336 e. The lowest BCUT2D eigenvalue weighted by molar-refractivity contribution is 0.0774. The number of rotatable bonds is 3. The van der Waals surface area contributed by atoms with Crippen LogP contribution in [0.5, 0.6) is 0 Å². The standard InChI is InChI=1S/C19H21FN4O2/c20-13-6-8-14(9-7-13)21-18(25)16-15-5-1-2-12-24(15)17(22-16)19(26)23-10-3-4-11-23/h6-9H,1-5,10-12H2,(H,21,25). The summed E-state index contributed by atoms with van der Waals surface area (Å²) in [5, 5.41) is 2.75. The first kappa shape index (κ1) is 16.8. The van der Waals surface area contributed by atoms with E-state index in [1.807, 2.05) is 9.47 Å². The molecule has 1 N–H and O–H groups in total. The number of amides is 2. The van der Waals surface area contributed by atoms with Gasteiger partial charge in [0, 0.05) is 25.3 Å². The Morgan fingerprint density at radius 2 is 1.69 bits per heavy atom. The molecule has 0 atom stereocenters. The molecule has 0 saturated carbocycles. The summed E-state index contributed by atoms with van der Waals surface area (Å²) in [5.41, 5.74) is 1.62. The highest BCUT2D eigenvalue weighted by molar-refractivity contribution is 6.05. The van der Waals surface area contributed by atoms with Crippen LogP contribution < -0.4 is 5.32 Å². The second kappa shape index (κ2) is 6.90. The fourth-order valence-corrected chi connectivity index (χ4v) is 3.67. The van der Waals surface area contributed by atoms with Gasteiger partial charge in [-0.05, 0) is 56.4 Å². The molecule has 0 unspecified atom stereocenters. The van der Waals surface area contributed by atoms with Gasteiger partial charge in [-0.25, -0.2) is 9.37 Å². The molecular formula is C19H21FN4O2. The van der Waals surface area contributed by atoms with E-state index in [-0.39, 0.29) is 17.6 Å². The van der Waals surface area contributed by atoms with Gasteiger partial charge in [-0.3, -0.25) is 9.59 Å². The first-order chi connectivity index (χ1) is 12.6. The van der Waals surface area contributed by atoms with Gasteiger partial charge in [0.2, 0.25) is 0 Å². The van der Waals surface area contributed by atoms with Crippen LogP contribution >= 0.6 is 0 Å². The molecule has 1 aromatic heterocycles. The van der Waals surface area contributed by atoms with Crippen molar-refractivity contribution in [2.45, 2.75) is 38.6 Å². The molecule has 0 aliphatic carbocycles. The second-order valence-electron chi connectivity index (χ2n) is 6.80. The van der Waals surface area contributed by atoms with Gasteiger partial charge in [0.15, 0.2) is 11.5 Å². The molecule has 2 aliphatic heterocycles. The number of halogens is 1. The highest BCUT2D eigenvalue weighted by Gasteiger charge is 2.30. The molecule has 0 bridgehead atoms. The first-order valence-corrected chi connectivity index (χ1v) is 9.09. The van der Waals surface area contributed by atoms with E-state index in [0.717, 1.165) is 50.9 Å². The molecule has 3 heterocycles. The SMILES string of the molecule is O=C(Nc1ccc(F)cc1)c1nc(C(=O)N2CCCC2)n2c1CCCC2. The molecule has 0 radical (unpaired) electrons. The van der Waals surface area contributed by atoms with Gasteiger partial charge in [-0.1, -0.05) is 0 Å². The van der Waals surface area contributed by atoms with Crippen LogP contribution in [0.1, 0.15) is 52.5 Å². The summed E-state index contributed by atoms with van der Waals surface area (Å²) in [6.07, 6.45) is 4.70. The third-order valence-corrected chi connectivity index (χ3v) is 5.02. The predicted octanol–water partition coefficient (Wildman–Crippen LogP) is 2.85. The number of imidazole rings is 1. The molecule has 6 nitrogen and oxygen atoms in total. The molecule has 2 amide bonds. The first-order valence-electron chi connectivity index (χ1n) is 9.09. The lowest BCUT2D eigenvalue weighted by atomic mass is 10.1. The molecule has 4 rings (SSSR count). The lowest BCUT2D eigenvalue weighted by Gasteiger charge is -2.19. The zero-order valence-corrected chi connectivity index (χ0v) is 14.5. The van der Waals surface area contributed by atoms with E-state index in [4.69, 9.17) is 0 Å². The maximum atomic E-state index is 13.0. The summed E-state index contributed by atoms with van der Waals surface area (Å²) in [7, 11) is 0. The normalized spacial score (nSPS) is 16.4. The van der Waals surface area contributed by atoms with Crippen LogP contribution in [0.2, 0.25) is 0 Å². The van der Waals surface area contributed by atoms with Gasteiger partial charge in [0.25, 0.3) is 11.8 Å². The monoisotopic (exact) mass is 356 g/mol. The number of likely N-dealkylation sites (tertiary alicyclic amines) is 1. The summed E-state index contributed by atoms with van der Waals surface area (Å²) in [5.74, 6) is -0.444. The van der Waals surface area contributed by atoms with Crippen LogP contribution in [0.4, 0.5) is 10.1 Å². The third kappa shape index (κ3) is 3.09. The number of nitrogens with zero attached hydrogens (tertiary/aromatic N) is 3. The summed E-state index contributed by atoms with van der Waals surface area (Å²) in [6.45, 7) is 2.21. The van der Waals surface area contributed by atoms with Crippen molar-refractivity contribution in [2.75, 3.05) is 18.4 Å². The number of hydrogen-bond acceptors (Lipinski definition) is 3. The minimum atomic E-state index is -0.360. The predicted molar refractivity (Wildman–Crippen MR) is 94.7 cm³/mol. The Morgan fingerprint density at radius 3 is 2.42 bits per heavy atom. The molecule has 0 spiro atoms. The number of anilines is 1. The topological polar surface area (TPSA) is 67.2 Å². The molecule has 136 valence electrons. The van der Waals surface area contributed by atoms with E-state index in [1.54, 1.807) is 0 Å². The van der Waals surface area contributed by atoms with Gasteiger partial charge in [-0.15, -0.1) is 0 Å². The molecule has 2 aliphatic rings. The van der Waals surface area contributed by atoms with Crippen molar-refractivity contribution in [3.05, 3.63) is 47.3 Å².